The van der Waals surface area contributed by atoms with Gasteiger partial charge < -0.3 is 10.2 Å². The third-order valence-corrected chi connectivity index (χ3v) is 3.73. The summed E-state index contributed by atoms with van der Waals surface area (Å²) in [6, 6.07) is 0. The van der Waals surface area contributed by atoms with Crippen LogP contribution in [0.3, 0.4) is 0 Å². The summed E-state index contributed by atoms with van der Waals surface area (Å²) in [5.74, 6) is 0.469. The SMILES string of the molecule is C[C@@]12C=C[C@@H](O)C[C@H]1C[C@@H](O)CC2. The largest absolute Gasteiger partial charge is 0.393 e. The zero-order valence-corrected chi connectivity index (χ0v) is 8.11. The van der Waals surface area contributed by atoms with E-state index in [4.69, 9.17) is 0 Å². The molecule has 0 aliphatic heterocycles. The average Bonchev–Trinajstić information content (AvgIpc) is 2.08. The topological polar surface area (TPSA) is 40.5 Å². The molecule has 0 aromatic heterocycles. The van der Waals surface area contributed by atoms with Crippen LogP contribution in [0.1, 0.15) is 32.6 Å². The van der Waals surface area contributed by atoms with Crippen LogP contribution in [0.4, 0.5) is 0 Å². The highest BCUT2D eigenvalue weighted by Crippen LogP contribution is 2.46. The minimum atomic E-state index is -0.289. The summed E-state index contributed by atoms with van der Waals surface area (Å²) in [4.78, 5) is 0. The Morgan fingerprint density at radius 3 is 2.85 bits per heavy atom. The van der Waals surface area contributed by atoms with Gasteiger partial charge in [-0.2, -0.15) is 0 Å². The molecule has 2 aliphatic carbocycles. The van der Waals surface area contributed by atoms with Gasteiger partial charge in [0.15, 0.2) is 0 Å². The molecular weight excluding hydrogens is 164 g/mol. The molecule has 13 heavy (non-hydrogen) atoms. The molecule has 2 nitrogen and oxygen atoms in total. The van der Waals surface area contributed by atoms with Gasteiger partial charge in [-0.3, -0.25) is 0 Å². The third-order valence-electron chi connectivity index (χ3n) is 3.73. The summed E-state index contributed by atoms with van der Waals surface area (Å²) < 4.78 is 0. The lowest BCUT2D eigenvalue weighted by molar-refractivity contribution is 0.0147. The van der Waals surface area contributed by atoms with Crippen molar-refractivity contribution >= 4 is 0 Å². The predicted molar refractivity (Wildman–Crippen MR) is 51.2 cm³/mol. The lowest BCUT2D eigenvalue weighted by Gasteiger charge is -2.44. The number of hydrogen-bond acceptors (Lipinski definition) is 2. The van der Waals surface area contributed by atoms with Gasteiger partial charge in [0.25, 0.3) is 0 Å². The standard InChI is InChI=1S/C11H18O2/c1-11-4-2-9(12)6-8(11)7-10(13)3-5-11/h2,4,8-10,12-13H,3,5-7H2,1H3/t8-,9+,10-,11-/m0/s1. The van der Waals surface area contributed by atoms with E-state index < -0.39 is 0 Å². The van der Waals surface area contributed by atoms with E-state index in [-0.39, 0.29) is 17.6 Å². The van der Waals surface area contributed by atoms with Crippen LogP contribution in [0, 0.1) is 11.3 Å². The molecule has 2 N–H and O–H groups in total. The van der Waals surface area contributed by atoms with Crippen molar-refractivity contribution in [2.45, 2.75) is 44.8 Å². The van der Waals surface area contributed by atoms with Gasteiger partial charge in [-0.15, -0.1) is 0 Å². The van der Waals surface area contributed by atoms with E-state index in [0.29, 0.717) is 5.92 Å². The molecule has 0 bridgehead atoms. The van der Waals surface area contributed by atoms with Crippen molar-refractivity contribution in [2.24, 2.45) is 11.3 Å². The van der Waals surface area contributed by atoms with E-state index in [1.54, 1.807) is 0 Å². The van der Waals surface area contributed by atoms with Crippen LogP contribution in [-0.2, 0) is 0 Å². The van der Waals surface area contributed by atoms with Crippen molar-refractivity contribution in [3.63, 3.8) is 0 Å². The van der Waals surface area contributed by atoms with Crippen molar-refractivity contribution in [1.29, 1.82) is 0 Å². The molecule has 4 atom stereocenters. The summed E-state index contributed by atoms with van der Waals surface area (Å²) in [7, 11) is 0. The molecule has 0 amide bonds. The van der Waals surface area contributed by atoms with Crippen LogP contribution in [0.2, 0.25) is 0 Å². The second-order valence-corrected chi connectivity index (χ2v) is 4.79. The van der Waals surface area contributed by atoms with E-state index >= 15 is 0 Å². The first-order valence-electron chi connectivity index (χ1n) is 5.16. The first kappa shape index (κ1) is 9.22. The van der Waals surface area contributed by atoms with Crippen LogP contribution in [0.15, 0.2) is 12.2 Å². The maximum absolute atomic E-state index is 9.54. The Bertz CT molecular complexity index is 224. The Hall–Kier alpha value is -0.340. The Morgan fingerprint density at radius 1 is 1.31 bits per heavy atom. The molecule has 0 heterocycles. The smallest absolute Gasteiger partial charge is 0.0724 e. The second kappa shape index (κ2) is 3.10. The lowest BCUT2D eigenvalue weighted by atomic mass is 9.62. The molecule has 0 radical (unpaired) electrons. The fourth-order valence-electron chi connectivity index (χ4n) is 2.68. The molecule has 0 spiro atoms. The van der Waals surface area contributed by atoms with Crippen molar-refractivity contribution < 1.29 is 10.2 Å². The first-order valence-corrected chi connectivity index (χ1v) is 5.16. The normalized spacial score (nSPS) is 50.2. The van der Waals surface area contributed by atoms with Crippen LogP contribution in [0.25, 0.3) is 0 Å². The Kier molecular flexibility index (Phi) is 2.20. The maximum atomic E-state index is 9.54. The van der Waals surface area contributed by atoms with Gasteiger partial charge in [0, 0.05) is 0 Å². The molecule has 0 aromatic carbocycles. The molecule has 2 rings (SSSR count). The summed E-state index contributed by atoms with van der Waals surface area (Å²) in [5, 5.41) is 19.0. The van der Waals surface area contributed by atoms with Gasteiger partial charge in [-0.25, -0.2) is 0 Å². The molecule has 0 unspecified atom stereocenters. The number of aliphatic hydroxyl groups excluding tert-OH is 2. The van der Waals surface area contributed by atoms with Crippen LogP contribution in [-0.4, -0.2) is 22.4 Å². The molecule has 0 saturated heterocycles. The molecule has 0 aromatic rings. The molecule has 2 aliphatic rings. The summed E-state index contributed by atoms with van der Waals surface area (Å²) in [6.45, 7) is 2.24. The molecule has 74 valence electrons. The number of allylic oxidation sites excluding steroid dienone is 1. The fraction of sp³-hybridized carbons (Fsp3) is 0.818. The van der Waals surface area contributed by atoms with Gasteiger partial charge in [0.1, 0.15) is 0 Å². The van der Waals surface area contributed by atoms with Gasteiger partial charge in [0.2, 0.25) is 0 Å². The van der Waals surface area contributed by atoms with Crippen molar-refractivity contribution in [3.8, 4) is 0 Å². The van der Waals surface area contributed by atoms with Gasteiger partial charge in [-0.05, 0) is 37.0 Å². The summed E-state index contributed by atoms with van der Waals surface area (Å²) >= 11 is 0. The third kappa shape index (κ3) is 1.65. The quantitative estimate of drug-likeness (QED) is 0.557. The number of aliphatic hydroxyl groups is 2. The highest BCUT2D eigenvalue weighted by Gasteiger charge is 2.40. The zero-order valence-electron chi connectivity index (χ0n) is 8.11. The van der Waals surface area contributed by atoms with Gasteiger partial charge in [-0.1, -0.05) is 19.1 Å². The Balaban J connectivity index is 2.17. The molecule has 1 saturated carbocycles. The molecule has 1 fully saturated rings. The van der Waals surface area contributed by atoms with Crippen LogP contribution >= 0.6 is 0 Å². The zero-order chi connectivity index (χ0) is 9.47. The van der Waals surface area contributed by atoms with Crippen LogP contribution < -0.4 is 0 Å². The van der Waals surface area contributed by atoms with Crippen molar-refractivity contribution in [3.05, 3.63) is 12.2 Å². The predicted octanol–water partition coefficient (Wildman–Crippen LogP) is 1.47. The first-order chi connectivity index (χ1) is 6.10. The number of hydrogen-bond donors (Lipinski definition) is 2. The number of rotatable bonds is 0. The lowest BCUT2D eigenvalue weighted by Crippen LogP contribution is -2.39. The van der Waals surface area contributed by atoms with Gasteiger partial charge >= 0.3 is 0 Å². The van der Waals surface area contributed by atoms with Gasteiger partial charge in [0.05, 0.1) is 12.2 Å². The van der Waals surface area contributed by atoms with E-state index in [9.17, 15) is 10.2 Å². The van der Waals surface area contributed by atoms with E-state index in [1.807, 2.05) is 6.08 Å². The average molecular weight is 182 g/mol. The Labute approximate surface area is 79.3 Å². The molecule has 2 heteroatoms. The Morgan fingerprint density at radius 2 is 2.08 bits per heavy atom. The monoisotopic (exact) mass is 182 g/mol. The fourth-order valence-corrected chi connectivity index (χ4v) is 2.68. The second-order valence-electron chi connectivity index (χ2n) is 4.79. The molecular formula is C11H18O2. The van der Waals surface area contributed by atoms with Crippen molar-refractivity contribution in [1.82, 2.24) is 0 Å². The van der Waals surface area contributed by atoms with E-state index in [2.05, 4.69) is 13.0 Å². The van der Waals surface area contributed by atoms with E-state index in [1.165, 1.54) is 0 Å². The minimum Gasteiger partial charge on any atom is -0.393 e. The summed E-state index contributed by atoms with van der Waals surface area (Å²) in [5.41, 5.74) is 0.235. The highest BCUT2D eigenvalue weighted by atomic mass is 16.3. The van der Waals surface area contributed by atoms with Crippen molar-refractivity contribution in [2.75, 3.05) is 0 Å². The van der Waals surface area contributed by atoms with E-state index in [0.717, 1.165) is 25.7 Å². The highest BCUT2D eigenvalue weighted by molar-refractivity contribution is 5.10. The summed E-state index contributed by atoms with van der Waals surface area (Å²) in [6.07, 6.45) is 7.28. The van der Waals surface area contributed by atoms with Crippen LogP contribution in [0.5, 0.6) is 0 Å². The number of fused-ring (bicyclic) bond motifs is 1. The minimum absolute atomic E-state index is 0.142. The maximum Gasteiger partial charge on any atom is 0.0724 e.